The lowest BCUT2D eigenvalue weighted by Gasteiger charge is -1.97. The fraction of sp³-hybridized carbons (Fsp3) is 0. The van der Waals surface area contributed by atoms with E-state index in [0.29, 0.717) is 0 Å². The van der Waals surface area contributed by atoms with E-state index in [1.807, 2.05) is 0 Å². The molecule has 13 heavy (non-hydrogen) atoms. The molecule has 68 valence electrons. The lowest BCUT2D eigenvalue weighted by Crippen LogP contribution is -2.15. The molecule has 1 aromatic heterocycles. The van der Waals surface area contributed by atoms with Gasteiger partial charge in [0.05, 0.1) is 12.4 Å². The zero-order valence-corrected chi connectivity index (χ0v) is 8.05. The van der Waals surface area contributed by atoms with E-state index in [1.54, 1.807) is 0 Å². The Balaban J connectivity index is 2.93. The Morgan fingerprint density at radius 2 is 1.77 bits per heavy atom. The molecule has 0 radical (unpaired) electrons. The van der Waals surface area contributed by atoms with Crippen LogP contribution in [0.15, 0.2) is 12.4 Å². The van der Waals surface area contributed by atoms with Gasteiger partial charge < -0.3 is 0 Å². The van der Waals surface area contributed by atoms with Crippen molar-refractivity contribution in [2.75, 3.05) is 0 Å². The first-order valence-corrected chi connectivity index (χ1v) is 4.04. The average molecular weight is 215 g/mol. The molecule has 0 aliphatic heterocycles. The minimum absolute atomic E-state index is 0.0910. The van der Waals surface area contributed by atoms with Crippen LogP contribution in [0.3, 0.4) is 0 Å². The molecule has 1 aromatic rings. The molecule has 0 fully saturated rings. The van der Waals surface area contributed by atoms with Gasteiger partial charge in [-0.25, -0.2) is 9.97 Å². The normalized spacial score (nSPS) is 9.38. The quantitative estimate of drug-likeness (QED) is 0.613. The molecule has 5 nitrogen and oxygen atoms in total. The first-order valence-electron chi connectivity index (χ1n) is 3.15. The third-order valence-electron chi connectivity index (χ3n) is 1.21. The summed E-state index contributed by atoms with van der Waals surface area (Å²) in [5, 5.41) is -0.495. The van der Waals surface area contributed by atoms with E-state index in [1.165, 1.54) is 12.4 Å². The SMILES string of the molecule is O=C(S)c1cnc(C(=O)NS)cn1. The van der Waals surface area contributed by atoms with Gasteiger partial charge in [0.25, 0.3) is 5.91 Å². The van der Waals surface area contributed by atoms with Gasteiger partial charge in [0.2, 0.25) is 5.12 Å². The second kappa shape index (κ2) is 4.24. The van der Waals surface area contributed by atoms with Crippen LogP contribution in [0.4, 0.5) is 0 Å². The van der Waals surface area contributed by atoms with Gasteiger partial charge in [-0.15, -0.1) is 0 Å². The molecule has 0 aromatic carbocycles. The largest absolute Gasteiger partial charge is 0.297 e. The first-order chi connectivity index (χ1) is 6.15. The van der Waals surface area contributed by atoms with E-state index in [9.17, 15) is 9.59 Å². The van der Waals surface area contributed by atoms with Crippen molar-refractivity contribution in [3.63, 3.8) is 0 Å². The number of carbonyl (C=O) groups excluding carboxylic acids is 2. The Kier molecular flexibility index (Phi) is 3.26. The maximum Gasteiger partial charge on any atom is 0.281 e. The molecule has 0 aliphatic rings. The summed E-state index contributed by atoms with van der Waals surface area (Å²) in [5.41, 5.74) is 0.187. The monoisotopic (exact) mass is 215 g/mol. The number of aromatic nitrogens is 2. The Labute approximate surface area is 84.9 Å². The van der Waals surface area contributed by atoms with Crippen LogP contribution >= 0.6 is 25.4 Å². The summed E-state index contributed by atoms with van der Waals surface area (Å²) >= 11 is 7.08. The van der Waals surface area contributed by atoms with Gasteiger partial charge >= 0.3 is 0 Å². The molecule has 1 rings (SSSR count). The number of rotatable bonds is 2. The zero-order chi connectivity index (χ0) is 9.84. The maximum atomic E-state index is 10.9. The lowest BCUT2D eigenvalue weighted by molar-refractivity contribution is 0.0978. The number of carbonyl (C=O) groups is 2. The second-order valence-electron chi connectivity index (χ2n) is 2.03. The fourth-order valence-electron chi connectivity index (χ4n) is 0.613. The van der Waals surface area contributed by atoms with Gasteiger partial charge in [0.15, 0.2) is 0 Å². The van der Waals surface area contributed by atoms with Crippen molar-refractivity contribution in [2.24, 2.45) is 0 Å². The van der Waals surface area contributed by atoms with Crippen molar-refractivity contribution in [2.45, 2.75) is 0 Å². The standard InChI is InChI=1S/C6H5N3O2S2/c10-5(9-13)3-1-8-4(2-7-3)6(11)12/h1-2,13H,(H,9,10)(H,11,12). The number of nitrogens with one attached hydrogen (secondary N) is 1. The molecule has 1 amide bonds. The van der Waals surface area contributed by atoms with Gasteiger partial charge in [-0.1, -0.05) is 25.4 Å². The van der Waals surface area contributed by atoms with Crippen molar-refractivity contribution < 1.29 is 9.59 Å². The fourth-order valence-corrected chi connectivity index (χ4v) is 0.843. The number of thiol groups is 2. The highest BCUT2D eigenvalue weighted by Crippen LogP contribution is 1.99. The smallest absolute Gasteiger partial charge is 0.281 e. The minimum Gasteiger partial charge on any atom is -0.297 e. The van der Waals surface area contributed by atoms with Crippen LogP contribution in [0.1, 0.15) is 21.0 Å². The summed E-state index contributed by atoms with van der Waals surface area (Å²) in [7, 11) is 0. The highest BCUT2D eigenvalue weighted by Gasteiger charge is 2.07. The predicted octanol–water partition coefficient (Wildman–Crippen LogP) is 0.121. The average Bonchev–Trinajstić information content (AvgIpc) is 2.17. The van der Waals surface area contributed by atoms with E-state index in [0.717, 1.165) is 0 Å². The van der Waals surface area contributed by atoms with Crippen molar-refractivity contribution in [1.82, 2.24) is 14.7 Å². The van der Waals surface area contributed by atoms with Crippen LogP contribution in [0.5, 0.6) is 0 Å². The molecule has 7 heteroatoms. The van der Waals surface area contributed by atoms with Crippen LogP contribution in [0.2, 0.25) is 0 Å². The van der Waals surface area contributed by atoms with Gasteiger partial charge in [-0.05, 0) is 0 Å². The molecular formula is C6H5N3O2S2. The van der Waals surface area contributed by atoms with Crippen LogP contribution in [0, 0.1) is 0 Å². The summed E-state index contributed by atoms with van der Waals surface area (Å²) < 4.78 is 2.08. The lowest BCUT2D eigenvalue weighted by atomic mass is 10.4. The molecule has 1 heterocycles. The Hall–Kier alpha value is -1.08. The highest BCUT2D eigenvalue weighted by molar-refractivity contribution is 7.97. The van der Waals surface area contributed by atoms with Crippen LogP contribution in [-0.4, -0.2) is 21.0 Å². The van der Waals surface area contributed by atoms with E-state index >= 15 is 0 Å². The van der Waals surface area contributed by atoms with Crippen molar-refractivity contribution >= 4 is 36.5 Å². The molecule has 0 atom stereocenters. The molecule has 0 unspecified atom stereocenters. The van der Waals surface area contributed by atoms with Gasteiger partial charge in [0, 0.05) is 0 Å². The van der Waals surface area contributed by atoms with Crippen molar-refractivity contribution in [3.05, 3.63) is 23.8 Å². The topological polar surface area (TPSA) is 72.0 Å². The highest BCUT2D eigenvalue weighted by atomic mass is 32.1. The predicted molar refractivity (Wildman–Crippen MR) is 51.8 cm³/mol. The third-order valence-corrected chi connectivity index (χ3v) is 1.64. The first kappa shape index (κ1) is 10.0. The third kappa shape index (κ3) is 2.43. The van der Waals surface area contributed by atoms with Crippen LogP contribution in [0.25, 0.3) is 0 Å². The Bertz CT molecular complexity index is 338. The van der Waals surface area contributed by atoms with Gasteiger partial charge in [-0.3, -0.25) is 14.3 Å². The molecule has 0 bridgehead atoms. The molecule has 0 spiro atoms. The second-order valence-corrected chi connectivity index (χ2v) is 2.66. The van der Waals surface area contributed by atoms with Crippen LogP contribution < -0.4 is 4.72 Å². The Morgan fingerprint density at radius 1 is 1.23 bits per heavy atom. The van der Waals surface area contributed by atoms with Crippen molar-refractivity contribution in [3.8, 4) is 0 Å². The molecule has 1 N–H and O–H groups in total. The molecule has 0 aliphatic carbocycles. The van der Waals surface area contributed by atoms with Gasteiger partial charge in [-0.2, -0.15) is 0 Å². The number of hydrogen-bond acceptors (Lipinski definition) is 5. The summed E-state index contributed by atoms with van der Waals surface area (Å²) in [6.07, 6.45) is 2.35. The number of hydrogen-bond donors (Lipinski definition) is 3. The molecule has 0 saturated carbocycles. The van der Waals surface area contributed by atoms with Gasteiger partial charge in [0.1, 0.15) is 11.4 Å². The molecular weight excluding hydrogens is 210 g/mol. The number of nitrogens with zero attached hydrogens (tertiary/aromatic N) is 2. The molecule has 0 saturated heterocycles. The van der Waals surface area contributed by atoms with E-state index in [-0.39, 0.29) is 11.4 Å². The summed E-state index contributed by atoms with van der Waals surface area (Å²) in [4.78, 5) is 28.9. The minimum atomic E-state index is -0.495. The zero-order valence-electron chi connectivity index (χ0n) is 6.26. The van der Waals surface area contributed by atoms with E-state index in [2.05, 4.69) is 40.1 Å². The number of amides is 1. The van der Waals surface area contributed by atoms with Crippen LogP contribution in [-0.2, 0) is 0 Å². The van der Waals surface area contributed by atoms with Crippen molar-refractivity contribution in [1.29, 1.82) is 0 Å². The Morgan fingerprint density at radius 3 is 2.15 bits per heavy atom. The van der Waals surface area contributed by atoms with E-state index < -0.39 is 11.0 Å². The summed E-state index contributed by atoms with van der Waals surface area (Å²) in [5.74, 6) is -0.478. The van der Waals surface area contributed by atoms with E-state index in [4.69, 9.17) is 0 Å². The summed E-state index contributed by atoms with van der Waals surface area (Å²) in [6, 6.07) is 0. The maximum absolute atomic E-state index is 10.9. The summed E-state index contributed by atoms with van der Waals surface area (Å²) in [6.45, 7) is 0.